The fourth-order valence-electron chi connectivity index (χ4n) is 3.58. The van der Waals surface area contributed by atoms with E-state index >= 15 is 0 Å². The summed E-state index contributed by atoms with van der Waals surface area (Å²) in [7, 11) is 0. The maximum absolute atomic E-state index is 12.4. The van der Waals surface area contributed by atoms with Crippen LogP contribution in [-0.4, -0.2) is 41.3 Å². The predicted molar refractivity (Wildman–Crippen MR) is 98.0 cm³/mol. The Kier molecular flexibility index (Phi) is 4.70. The molecule has 1 atom stereocenters. The zero-order chi connectivity index (χ0) is 18.8. The number of fused-ring (bicyclic) bond motifs is 2. The minimum absolute atomic E-state index is 0.0316. The summed E-state index contributed by atoms with van der Waals surface area (Å²) in [6, 6.07) is 5.64. The van der Waals surface area contributed by atoms with Crippen molar-refractivity contribution in [3.8, 4) is 11.5 Å². The highest BCUT2D eigenvalue weighted by Gasteiger charge is 2.25. The van der Waals surface area contributed by atoms with Crippen LogP contribution in [0.4, 0.5) is 5.82 Å². The summed E-state index contributed by atoms with van der Waals surface area (Å²) in [4.78, 5) is 23.7. The molecule has 0 radical (unpaired) electrons. The van der Waals surface area contributed by atoms with Crippen molar-refractivity contribution in [1.29, 1.82) is 0 Å². The Morgan fingerprint density at radius 3 is 2.89 bits per heavy atom. The molecule has 27 heavy (non-hydrogen) atoms. The minimum atomic E-state index is -0.134. The molecule has 2 aromatic rings. The van der Waals surface area contributed by atoms with Crippen molar-refractivity contribution in [2.75, 3.05) is 18.5 Å². The molecule has 1 unspecified atom stereocenters. The molecule has 0 saturated heterocycles. The van der Waals surface area contributed by atoms with Crippen LogP contribution in [-0.2, 0) is 28.9 Å². The van der Waals surface area contributed by atoms with Gasteiger partial charge in [0.05, 0.1) is 6.42 Å². The number of benzene rings is 1. The Balaban J connectivity index is 1.39. The number of rotatable bonds is 4. The Labute approximate surface area is 156 Å². The minimum Gasteiger partial charge on any atom is -0.486 e. The van der Waals surface area contributed by atoms with Gasteiger partial charge in [-0.25, -0.2) is 0 Å². The van der Waals surface area contributed by atoms with Gasteiger partial charge in [0.25, 0.3) is 0 Å². The van der Waals surface area contributed by atoms with E-state index in [4.69, 9.17) is 9.47 Å². The van der Waals surface area contributed by atoms with E-state index in [9.17, 15) is 9.59 Å². The maximum Gasteiger partial charge on any atom is 0.230 e. The molecule has 2 aliphatic rings. The van der Waals surface area contributed by atoms with Crippen molar-refractivity contribution in [1.82, 2.24) is 15.5 Å². The molecule has 3 N–H and O–H groups in total. The summed E-state index contributed by atoms with van der Waals surface area (Å²) >= 11 is 0. The molecule has 1 aliphatic carbocycles. The third kappa shape index (κ3) is 3.89. The Hall–Kier alpha value is -3.03. The molecule has 8 nitrogen and oxygen atoms in total. The van der Waals surface area contributed by atoms with Crippen LogP contribution in [0.5, 0.6) is 11.5 Å². The number of nitrogens with zero attached hydrogens (tertiary/aromatic N) is 1. The van der Waals surface area contributed by atoms with Gasteiger partial charge < -0.3 is 20.1 Å². The molecule has 2 heterocycles. The molecule has 0 bridgehead atoms. The average molecular weight is 370 g/mol. The number of amides is 2. The second kappa shape index (κ2) is 7.30. The molecule has 0 saturated carbocycles. The Morgan fingerprint density at radius 2 is 2.07 bits per heavy atom. The molecule has 2 amide bonds. The number of ether oxygens (including phenoxy) is 2. The van der Waals surface area contributed by atoms with Gasteiger partial charge in [-0.05, 0) is 30.5 Å². The maximum atomic E-state index is 12.4. The van der Waals surface area contributed by atoms with E-state index in [0.29, 0.717) is 37.0 Å². The average Bonchev–Trinajstić information content (AvgIpc) is 3.03. The number of nitrogens with one attached hydrogen (secondary N) is 3. The highest BCUT2D eigenvalue weighted by atomic mass is 16.6. The monoisotopic (exact) mass is 370 g/mol. The van der Waals surface area contributed by atoms with Gasteiger partial charge in [-0.15, -0.1) is 0 Å². The summed E-state index contributed by atoms with van der Waals surface area (Å²) in [6.45, 7) is 2.58. The Morgan fingerprint density at radius 1 is 1.26 bits per heavy atom. The normalized spacial score (nSPS) is 17.7. The number of aromatic nitrogens is 2. The first-order valence-corrected chi connectivity index (χ1v) is 9.10. The second-order valence-electron chi connectivity index (χ2n) is 6.87. The standard InChI is InChI=1S/C19H22N4O4/c1-11(24)20-13-3-4-14-15(10-13)22-23-19(14)21-18(25)9-12-2-5-16-17(8-12)27-7-6-26-16/h2,5,8,13H,3-4,6-7,9-10H2,1H3,(H,20,24)(H2,21,22,23,25). The van der Waals surface area contributed by atoms with Crippen LogP contribution in [0.2, 0.25) is 0 Å². The first kappa shape index (κ1) is 17.4. The van der Waals surface area contributed by atoms with E-state index in [1.807, 2.05) is 18.2 Å². The lowest BCUT2D eigenvalue weighted by molar-refractivity contribution is -0.119. The van der Waals surface area contributed by atoms with Crippen LogP contribution in [0.15, 0.2) is 18.2 Å². The molecule has 142 valence electrons. The van der Waals surface area contributed by atoms with Crippen LogP contribution in [0.1, 0.15) is 30.2 Å². The topological polar surface area (TPSA) is 105 Å². The molecule has 0 spiro atoms. The van der Waals surface area contributed by atoms with Crippen LogP contribution < -0.4 is 20.1 Å². The first-order chi connectivity index (χ1) is 13.1. The number of carbonyl (C=O) groups is 2. The second-order valence-corrected chi connectivity index (χ2v) is 6.87. The van der Waals surface area contributed by atoms with E-state index in [1.165, 1.54) is 6.92 Å². The molecular formula is C19H22N4O4. The van der Waals surface area contributed by atoms with Crippen molar-refractivity contribution < 1.29 is 19.1 Å². The van der Waals surface area contributed by atoms with Crippen molar-refractivity contribution in [2.24, 2.45) is 0 Å². The Bertz CT molecular complexity index is 877. The van der Waals surface area contributed by atoms with Gasteiger partial charge in [0.1, 0.15) is 13.2 Å². The number of anilines is 1. The first-order valence-electron chi connectivity index (χ1n) is 9.10. The zero-order valence-electron chi connectivity index (χ0n) is 15.1. The van der Waals surface area contributed by atoms with Crippen LogP contribution in [0.25, 0.3) is 0 Å². The number of aromatic amines is 1. The molecule has 1 aliphatic heterocycles. The number of H-pyrrole nitrogens is 1. The third-order valence-electron chi connectivity index (χ3n) is 4.78. The number of hydrogen-bond donors (Lipinski definition) is 3. The third-order valence-corrected chi connectivity index (χ3v) is 4.78. The van der Waals surface area contributed by atoms with Crippen LogP contribution >= 0.6 is 0 Å². The summed E-state index contributed by atoms with van der Waals surface area (Å²) < 4.78 is 11.1. The van der Waals surface area contributed by atoms with Gasteiger partial charge in [0.15, 0.2) is 17.3 Å². The van der Waals surface area contributed by atoms with Crippen molar-refractivity contribution in [3.63, 3.8) is 0 Å². The largest absolute Gasteiger partial charge is 0.486 e. The smallest absolute Gasteiger partial charge is 0.230 e. The lowest BCUT2D eigenvalue weighted by atomic mass is 9.93. The van der Waals surface area contributed by atoms with Crippen molar-refractivity contribution >= 4 is 17.6 Å². The molecular weight excluding hydrogens is 348 g/mol. The fourth-order valence-corrected chi connectivity index (χ4v) is 3.58. The van der Waals surface area contributed by atoms with Crippen molar-refractivity contribution in [3.05, 3.63) is 35.0 Å². The lowest BCUT2D eigenvalue weighted by Crippen LogP contribution is -2.37. The van der Waals surface area contributed by atoms with Crippen molar-refractivity contribution in [2.45, 2.75) is 38.6 Å². The molecule has 1 aromatic carbocycles. The summed E-state index contributed by atoms with van der Waals surface area (Å²) in [5, 5.41) is 13.1. The molecule has 0 fully saturated rings. The molecule has 8 heteroatoms. The number of hydrogen-bond acceptors (Lipinski definition) is 5. The van der Waals surface area contributed by atoms with Gasteiger partial charge in [-0.3, -0.25) is 14.7 Å². The highest BCUT2D eigenvalue weighted by molar-refractivity contribution is 5.92. The van der Waals surface area contributed by atoms with Crippen LogP contribution in [0, 0.1) is 0 Å². The zero-order valence-corrected chi connectivity index (χ0v) is 15.1. The van der Waals surface area contributed by atoms with E-state index in [0.717, 1.165) is 29.7 Å². The van der Waals surface area contributed by atoms with E-state index in [1.54, 1.807) is 0 Å². The summed E-state index contributed by atoms with van der Waals surface area (Å²) in [5.74, 6) is 1.79. The number of carbonyl (C=O) groups excluding carboxylic acids is 2. The van der Waals surface area contributed by atoms with Gasteiger partial charge in [-0.2, -0.15) is 5.10 Å². The van der Waals surface area contributed by atoms with Crippen LogP contribution in [0.3, 0.4) is 0 Å². The lowest BCUT2D eigenvalue weighted by Gasteiger charge is -2.22. The highest BCUT2D eigenvalue weighted by Crippen LogP contribution is 2.31. The van der Waals surface area contributed by atoms with E-state index in [2.05, 4.69) is 20.8 Å². The predicted octanol–water partition coefficient (Wildman–Crippen LogP) is 1.36. The fraction of sp³-hybridized carbons (Fsp3) is 0.421. The van der Waals surface area contributed by atoms with E-state index < -0.39 is 0 Å². The SMILES string of the molecule is CC(=O)NC1CCc2c(NC(=O)Cc3ccc4c(c3)OCCO4)n[nH]c2C1. The van der Waals surface area contributed by atoms with Gasteiger partial charge in [0, 0.05) is 30.6 Å². The van der Waals surface area contributed by atoms with Gasteiger partial charge >= 0.3 is 0 Å². The van der Waals surface area contributed by atoms with Gasteiger partial charge in [0.2, 0.25) is 11.8 Å². The molecule has 4 rings (SSSR count). The quantitative estimate of drug-likeness (QED) is 0.754. The van der Waals surface area contributed by atoms with Gasteiger partial charge in [-0.1, -0.05) is 6.07 Å². The summed E-state index contributed by atoms with van der Waals surface area (Å²) in [5.41, 5.74) is 2.84. The summed E-state index contributed by atoms with van der Waals surface area (Å²) in [6.07, 6.45) is 2.51. The van der Waals surface area contributed by atoms with E-state index in [-0.39, 0.29) is 24.3 Å². The molecule has 1 aromatic heterocycles.